The monoisotopic (exact) mass is 415 g/mol. The molecule has 2 aromatic carbocycles. The van der Waals surface area contributed by atoms with Gasteiger partial charge in [-0.05, 0) is 43.5 Å². The molecule has 0 saturated carbocycles. The number of halogens is 2. The zero-order valence-corrected chi connectivity index (χ0v) is 18.3. The lowest BCUT2D eigenvalue weighted by Gasteiger charge is -2.42. The van der Waals surface area contributed by atoms with E-state index in [1.807, 2.05) is 29.2 Å². The van der Waals surface area contributed by atoms with E-state index in [1.54, 1.807) is 0 Å². The van der Waals surface area contributed by atoms with Crippen molar-refractivity contribution in [3.63, 3.8) is 0 Å². The lowest BCUT2D eigenvalue weighted by atomic mass is 9.73. The highest BCUT2D eigenvalue weighted by atomic mass is 19.1. The molecule has 2 heterocycles. The SMILES string of the molecule is COc1c(F)cc(F)c2c1N(c1ccccc1N)CC21CCN(CC(C)(C)C)CC1. The third-order valence-electron chi connectivity index (χ3n) is 6.36. The number of piperidine rings is 1. The Balaban J connectivity index is 1.79. The van der Waals surface area contributed by atoms with Gasteiger partial charge in [0.25, 0.3) is 0 Å². The summed E-state index contributed by atoms with van der Waals surface area (Å²) in [5.41, 5.74) is 8.47. The van der Waals surface area contributed by atoms with Crippen LogP contribution >= 0.6 is 0 Å². The highest BCUT2D eigenvalue weighted by Crippen LogP contribution is 2.55. The minimum absolute atomic E-state index is 0.0867. The number of ether oxygens (including phenoxy) is 1. The minimum atomic E-state index is -0.685. The molecule has 0 amide bonds. The van der Waals surface area contributed by atoms with Crippen LogP contribution in [0.4, 0.5) is 25.8 Å². The average molecular weight is 416 g/mol. The van der Waals surface area contributed by atoms with Gasteiger partial charge in [0.2, 0.25) is 0 Å². The van der Waals surface area contributed by atoms with Gasteiger partial charge in [-0.25, -0.2) is 8.78 Å². The Morgan fingerprint density at radius 2 is 1.77 bits per heavy atom. The summed E-state index contributed by atoms with van der Waals surface area (Å²) in [5, 5.41) is 0. The molecule has 0 radical (unpaired) electrons. The van der Waals surface area contributed by atoms with Crippen molar-refractivity contribution in [1.29, 1.82) is 0 Å². The van der Waals surface area contributed by atoms with Crippen molar-refractivity contribution in [1.82, 2.24) is 4.90 Å². The van der Waals surface area contributed by atoms with Crippen LogP contribution in [0.1, 0.15) is 39.2 Å². The van der Waals surface area contributed by atoms with Crippen LogP contribution in [0.5, 0.6) is 5.75 Å². The van der Waals surface area contributed by atoms with E-state index in [1.165, 1.54) is 7.11 Å². The van der Waals surface area contributed by atoms with Crippen LogP contribution in [-0.2, 0) is 5.41 Å². The number of hydrogen-bond acceptors (Lipinski definition) is 4. The maximum Gasteiger partial charge on any atom is 0.178 e. The molecule has 1 fully saturated rings. The summed E-state index contributed by atoms with van der Waals surface area (Å²) in [7, 11) is 1.43. The molecular weight excluding hydrogens is 384 g/mol. The predicted octanol–water partition coefficient (Wildman–Crippen LogP) is 5.09. The van der Waals surface area contributed by atoms with Crippen LogP contribution in [-0.4, -0.2) is 38.2 Å². The number of nitrogens with zero attached hydrogens (tertiary/aromatic N) is 2. The maximum atomic E-state index is 15.3. The predicted molar refractivity (Wildman–Crippen MR) is 118 cm³/mol. The Bertz CT molecular complexity index is 946. The second-order valence-corrected chi connectivity index (χ2v) is 9.86. The fraction of sp³-hybridized carbons (Fsp3) is 0.500. The summed E-state index contributed by atoms with van der Waals surface area (Å²) in [4.78, 5) is 4.40. The molecule has 2 N–H and O–H groups in total. The molecular formula is C24H31F2N3O. The number of likely N-dealkylation sites (tertiary alicyclic amines) is 1. The number of benzene rings is 2. The van der Waals surface area contributed by atoms with Crippen molar-refractivity contribution in [3.05, 3.63) is 47.5 Å². The maximum absolute atomic E-state index is 15.3. The molecule has 2 aliphatic rings. The van der Waals surface area contributed by atoms with Gasteiger partial charge >= 0.3 is 0 Å². The fourth-order valence-electron chi connectivity index (χ4n) is 5.16. The summed E-state index contributed by atoms with van der Waals surface area (Å²) in [6.07, 6.45) is 1.62. The molecule has 4 nitrogen and oxygen atoms in total. The fourth-order valence-corrected chi connectivity index (χ4v) is 5.16. The molecule has 2 aromatic rings. The van der Waals surface area contributed by atoms with Gasteiger partial charge in [-0.2, -0.15) is 0 Å². The summed E-state index contributed by atoms with van der Waals surface area (Å²) in [6.45, 7) is 10.0. The molecule has 30 heavy (non-hydrogen) atoms. The van der Waals surface area contributed by atoms with Crippen molar-refractivity contribution in [2.45, 2.75) is 39.0 Å². The van der Waals surface area contributed by atoms with Crippen LogP contribution in [0.2, 0.25) is 0 Å². The molecule has 6 heteroatoms. The lowest BCUT2D eigenvalue weighted by Crippen LogP contribution is -2.47. The van der Waals surface area contributed by atoms with Crippen molar-refractivity contribution < 1.29 is 13.5 Å². The molecule has 0 unspecified atom stereocenters. The van der Waals surface area contributed by atoms with Gasteiger partial charge in [0, 0.05) is 30.1 Å². The van der Waals surface area contributed by atoms with Crippen LogP contribution in [0.25, 0.3) is 0 Å². The molecule has 1 saturated heterocycles. The first-order valence-corrected chi connectivity index (χ1v) is 10.6. The summed E-state index contributed by atoms with van der Waals surface area (Å²) in [5.74, 6) is -1.09. The molecule has 1 spiro atoms. The zero-order chi connectivity index (χ0) is 21.7. The first-order chi connectivity index (χ1) is 14.1. The van der Waals surface area contributed by atoms with E-state index in [9.17, 15) is 4.39 Å². The third-order valence-corrected chi connectivity index (χ3v) is 6.36. The van der Waals surface area contributed by atoms with Gasteiger partial charge in [0.1, 0.15) is 5.82 Å². The van der Waals surface area contributed by atoms with E-state index in [2.05, 4.69) is 25.7 Å². The van der Waals surface area contributed by atoms with Gasteiger partial charge in [-0.15, -0.1) is 0 Å². The first-order valence-electron chi connectivity index (χ1n) is 10.6. The van der Waals surface area contributed by atoms with Gasteiger partial charge < -0.3 is 20.3 Å². The summed E-state index contributed by atoms with van der Waals surface area (Å²) < 4.78 is 35.4. The number of hydrogen-bond donors (Lipinski definition) is 1. The number of anilines is 3. The number of para-hydroxylation sites is 2. The van der Waals surface area contributed by atoms with Gasteiger partial charge in [0.15, 0.2) is 11.6 Å². The second-order valence-electron chi connectivity index (χ2n) is 9.86. The normalized spacial score (nSPS) is 18.7. The van der Waals surface area contributed by atoms with Gasteiger partial charge in [-0.1, -0.05) is 32.9 Å². The number of nitrogens with two attached hydrogens (primary N) is 1. The van der Waals surface area contributed by atoms with E-state index in [-0.39, 0.29) is 11.2 Å². The average Bonchev–Trinajstić information content (AvgIpc) is 2.98. The van der Waals surface area contributed by atoms with Gasteiger partial charge in [-0.3, -0.25) is 0 Å². The van der Waals surface area contributed by atoms with Crippen LogP contribution in [0, 0.1) is 17.0 Å². The smallest absolute Gasteiger partial charge is 0.178 e. The molecule has 0 aromatic heterocycles. The molecule has 0 atom stereocenters. The van der Waals surface area contributed by atoms with Crippen molar-refractivity contribution >= 4 is 17.1 Å². The number of nitrogen functional groups attached to an aromatic ring is 1. The lowest BCUT2D eigenvalue weighted by molar-refractivity contribution is 0.124. The quantitative estimate of drug-likeness (QED) is 0.710. The van der Waals surface area contributed by atoms with E-state index < -0.39 is 17.0 Å². The molecule has 2 aliphatic heterocycles. The molecule has 0 aliphatic carbocycles. The van der Waals surface area contributed by atoms with Crippen LogP contribution < -0.4 is 15.4 Å². The second kappa shape index (κ2) is 7.41. The van der Waals surface area contributed by atoms with E-state index in [0.29, 0.717) is 23.5 Å². The van der Waals surface area contributed by atoms with Crippen LogP contribution in [0.15, 0.2) is 30.3 Å². The van der Waals surface area contributed by atoms with Crippen molar-refractivity contribution in [2.75, 3.05) is 43.9 Å². The minimum Gasteiger partial charge on any atom is -0.492 e. The summed E-state index contributed by atoms with van der Waals surface area (Å²) in [6, 6.07) is 8.44. The summed E-state index contributed by atoms with van der Waals surface area (Å²) >= 11 is 0. The molecule has 4 rings (SSSR count). The van der Waals surface area contributed by atoms with E-state index in [0.717, 1.165) is 44.2 Å². The van der Waals surface area contributed by atoms with Crippen LogP contribution in [0.3, 0.4) is 0 Å². The van der Waals surface area contributed by atoms with Crippen molar-refractivity contribution in [3.8, 4) is 5.75 Å². The Labute approximate surface area is 177 Å². The zero-order valence-electron chi connectivity index (χ0n) is 18.3. The standard InChI is InChI=1S/C24H31F2N3O/c1-23(2,3)14-28-11-9-24(10-12-28)15-29(19-8-6-5-7-18(19)27)21-20(24)16(25)13-17(26)22(21)30-4/h5-8,13H,9-12,14-15,27H2,1-4H3. The topological polar surface area (TPSA) is 41.7 Å². The largest absolute Gasteiger partial charge is 0.492 e. The number of rotatable bonds is 3. The number of fused-ring (bicyclic) bond motifs is 2. The highest BCUT2D eigenvalue weighted by molar-refractivity contribution is 5.83. The third kappa shape index (κ3) is 3.51. The molecule has 162 valence electrons. The number of methoxy groups -OCH3 is 1. The highest BCUT2D eigenvalue weighted by Gasteiger charge is 2.49. The molecule has 0 bridgehead atoms. The van der Waals surface area contributed by atoms with E-state index >= 15 is 4.39 Å². The Kier molecular flexibility index (Phi) is 5.17. The Hall–Kier alpha value is -2.34. The Morgan fingerprint density at radius 3 is 2.37 bits per heavy atom. The first kappa shape index (κ1) is 20.9. The van der Waals surface area contributed by atoms with Crippen molar-refractivity contribution in [2.24, 2.45) is 5.41 Å². The van der Waals surface area contributed by atoms with E-state index in [4.69, 9.17) is 10.5 Å². The van der Waals surface area contributed by atoms with Gasteiger partial charge in [0.05, 0.1) is 24.2 Å². The Morgan fingerprint density at radius 1 is 1.10 bits per heavy atom.